The van der Waals surface area contributed by atoms with Crippen molar-refractivity contribution in [2.75, 3.05) is 38.1 Å². The van der Waals surface area contributed by atoms with Gasteiger partial charge in [0.15, 0.2) is 0 Å². The molecule has 0 saturated carbocycles. The Balaban J connectivity index is 1.87. The van der Waals surface area contributed by atoms with Gasteiger partial charge in [0.05, 0.1) is 0 Å². The van der Waals surface area contributed by atoms with E-state index in [4.69, 9.17) is 23.2 Å². The van der Waals surface area contributed by atoms with E-state index in [1.165, 1.54) is 0 Å². The van der Waals surface area contributed by atoms with Crippen LogP contribution in [0.4, 0.5) is 0 Å². The minimum absolute atomic E-state index is 0.700. The number of benzene rings is 1. The fourth-order valence-corrected chi connectivity index (χ4v) is 3.15. The quantitative estimate of drug-likeness (QED) is 0.766. The van der Waals surface area contributed by atoms with Crippen LogP contribution in [0.25, 0.3) is 0 Å². The number of hydrogen-bond donors (Lipinski definition) is 0. The highest BCUT2D eigenvalue weighted by atomic mass is 79.9. The van der Waals surface area contributed by atoms with E-state index in [1.54, 1.807) is 0 Å². The second-order valence-electron chi connectivity index (χ2n) is 4.54. The van der Waals surface area contributed by atoms with Crippen LogP contribution in [0, 0.1) is 0 Å². The van der Waals surface area contributed by atoms with E-state index in [0.717, 1.165) is 55.2 Å². The summed E-state index contributed by atoms with van der Waals surface area (Å²) in [5, 5.41) is 2.52. The van der Waals surface area contributed by atoms with Gasteiger partial charge in [-0.15, -0.1) is 0 Å². The molecule has 0 atom stereocenters. The summed E-state index contributed by atoms with van der Waals surface area (Å²) in [6, 6.07) is 5.75. The second-order valence-corrected chi connectivity index (χ2v) is 6.18. The van der Waals surface area contributed by atoms with Crippen molar-refractivity contribution in [1.29, 1.82) is 0 Å². The van der Waals surface area contributed by atoms with E-state index in [2.05, 4.69) is 25.7 Å². The zero-order valence-corrected chi connectivity index (χ0v) is 13.3. The summed E-state index contributed by atoms with van der Waals surface area (Å²) in [6.45, 7) is 6.53. The lowest BCUT2D eigenvalue weighted by Gasteiger charge is -2.34. The molecule has 1 aliphatic rings. The summed E-state index contributed by atoms with van der Waals surface area (Å²) in [5.74, 6) is 0. The van der Waals surface area contributed by atoms with Crippen LogP contribution in [-0.4, -0.2) is 47.9 Å². The maximum atomic E-state index is 6.20. The van der Waals surface area contributed by atoms with Crippen LogP contribution in [0.3, 0.4) is 0 Å². The van der Waals surface area contributed by atoms with Gasteiger partial charge >= 0.3 is 0 Å². The first-order chi connectivity index (χ1) is 8.69. The van der Waals surface area contributed by atoms with Gasteiger partial charge in [-0.05, 0) is 17.7 Å². The molecule has 1 aromatic carbocycles. The summed E-state index contributed by atoms with van der Waals surface area (Å²) in [6.07, 6.45) is 0. The van der Waals surface area contributed by atoms with Crippen LogP contribution in [-0.2, 0) is 6.54 Å². The molecule has 0 radical (unpaired) electrons. The number of hydrogen-bond acceptors (Lipinski definition) is 2. The van der Waals surface area contributed by atoms with Crippen molar-refractivity contribution in [1.82, 2.24) is 9.80 Å². The van der Waals surface area contributed by atoms with Gasteiger partial charge in [-0.25, -0.2) is 0 Å². The van der Waals surface area contributed by atoms with Crippen molar-refractivity contribution in [2.24, 2.45) is 0 Å². The Bertz CT molecular complexity index is 393. The highest BCUT2D eigenvalue weighted by molar-refractivity contribution is 9.09. The van der Waals surface area contributed by atoms with Gasteiger partial charge in [0.2, 0.25) is 0 Å². The van der Waals surface area contributed by atoms with E-state index < -0.39 is 0 Å². The van der Waals surface area contributed by atoms with Crippen LogP contribution < -0.4 is 0 Å². The van der Waals surface area contributed by atoms with Crippen LogP contribution in [0.2, 0.25) is 10.0 Å². The molecule has 0 aromatic heterocycles. The van der Waals surface area contributed by atoms with Gasteiger partial charge in [-0.3, -0.25) is 9.80 Å². The first-order valence-electron chi connectivity index (χ1n) is 6.13. The van der Waals surface area contributed by atoms with E-state index in [1.807, 2.05) is 18.2 Å². The average molecular weight is 352 g/mol. The summed E-state index contributed by atoms with van der Waals surface area (Å²) < 4.78 is 0. The summed E-state index contributed by atoms with van der Waals surface area (Å²) in [7, 11) is 0. The SMILES string of the molecule is Clc1ccc(CN2CCN(CCBr)CC2)c(Cl)c1. The normalized spacial score (nSPS) is 18.2. The number of piperazine rings is 1. The second kappa shape index (κ2) is 7.11. The Morgan fingerprint density at radius 3 is 2.33 bits per heavy atom. The molecule has 0 bridgehead atoms. The van der Waals surface area contributed by atoms with Crippen molar-refractivity contribution < 1.29 is 0 Å². The number of halogens is 3. The van der Waals surface area contributed by atoms with Gasteiger partial charge in [0.25, 0.3) is 0 Å². The maximum Gasteiger partial charge on any atom is 0.0465 e. The third-order valence-electron chi connectivity index (χ3n) is 3.27. The Kier molecular flexibility index (Phi) is 5.77. The predicted molar refractivity (Wildman–Crippen MR) is 82.0 cm³/mol. The Labute approximate surface area is 127 Å². The maximum absolute atomic E-state index is 6.20. The van der Waals surface area contributed by atoms with Crippen molar-refractivity contribution in [3.8, 4) is 0 Å². The fourth-order valence-electron chi connectivity index (χ4n) is 2.18. The standard InChI is InChI=1S/C13H17BrCl2N2/c14-3-4-17-5-7-18(8-6-17)10-11-1-2-12(15)9-13(11)16/h1-2,9H,3-8,10H2. The van der Waals surface area contributed by atoms with E-state index in [-0.39, 0.29) is 0 Å². The molecule has 1 fully saturated rings. The topological polar surface area (TPSA) is 6.48 Å². The number of alkyl halides is 1. The molecular formula is C13H17BrCl2N2. The Morgan fingerprint density at radius 1 is 1.06 bits per heavy atom. The van der Waals surface area contributed by atoms with Crippen molar-refractivity contribution in [2.45, 2.75) is 6.54 Å². The van der Waals surface area contributed by atoms with Crippen LogP contribution >= 0.6 is 39.1 Å². The number of rotatable bonds is 4. The third-order valence-corrected chi connectivity index (χ3v) is 4.22. The molecule has 1 heterocycles. The molecule has 0 N–H and O–H groups in total. The van der Waals surface area contributed by atoms with Crippen LogP contribution in [0.15, 0.2) is 18.2 Å². The van der Waals surface area contributed by atoms with E-state index in [0.29, 0.717) is 5.02 Å². The smallest absolute Gasteiger partial charge is 0.0465 e. The predicted octanol–water partition coefficient (Wildman–Crippen LogP) is 3.51. The molecule has 0 aliphatic carbocycles. The lowest BCUT2D eigenvalue weighted by atomic mass is 10.2. The minimum Gasteiger partial charge on any atom is -0.300 e. The highest BCUT2D eigenvalue weighted by Crippen LogP contribution is 2.22. The van der Waals surface area contributed by atoms with Gasteiger partial charge in [0.1, 0.15) is 0 Å². The molecule has 1 saturated heterocycles. The van der Waals surface area contributed by atoms with Crippen molar-refractivity contribution in [3.63, 3.8) is 0 Å². The Morgan fingerprint density at radius 2 is 1.72 bits per heavy atom. The number of nitrogens with zero attached hydrogens (tertiary/aromatic N) is 2. The lowest BCUT2D eigenvalue weighted by molar-refractivity contribution is 0.133. The average Bonchev–Trinajstić information content (AvgIpc) is 2.35. The molecule has 18 heavy (non-hydrogen) atoms. The van der Waals surface area contributed by atoms with Crippen molar-refractivity contribution in [3.05, 3.63) is 33.8 Å². The van der Waals surface area contributed by atoms with Gasteiger partial charge in [0, 0.05) is 54.6 Å². The molecule has 2 nitrogen and oxygen atoms in total. The lowest BCUT2D eigenvalue weighted by Crippen LogP contribution is -2.46. The molecule has 0 spiro atoms. The molecule has 5 heteroatoms. The monoisotopic (exact) mass is 350 g/mol. The summed E-state index contributed by atoms with van der Waals surface area (Å²) in [5.41, 5.74) is 1.16. The summed E-state index contributed by atoms with van der Waals surface area (Å²) >= 11 is 15.6. The molecule has 0 unspecified atom stereocenters. The van der Waals surface area contributed by atoms with Crippen LogP contribution in [0.5, 0.6) is 0 Å². The molecule has 0 amide bonds. The van der Waals surface area contributed by atoms with Gasteiger partial charge in [-0.1, -0.05) is 45.2 Å². The molecule has 1 aliphatic heterocycles. The van der Waals surface area contributed by atoms with Gasteiger partial charge < -0.3 is 0 Å². The minimum atomic E-state index is 0.700. The molecule has 1 aromatic rings. The molecular weight excluding hydrogens is 335 g/mol. The highest BCUT2D eigenvalue weighted by Gasteiger charge is 2.17. The largest absolute Gasteiger partial charge is 0.300 e. The Hall–Kier alpha value is 0.200. The van der Waals surface area contributed by atoms with Crippen LogP contribution in [0.1, 0.15) is 5.56 Å². The summed E-state index contributed by atoms with van der Waals surface area (Å²) in [4.78, 5) is 4.93. The first-order valence-corrected chi connectivity index (χ1v) is 8.01. The zero-order valence-electron chi connectivity index (χ0n) is 10.2. The first kappa shape index (κ1) is 14.6. The third kappa shape index (κ3) is 4.10. The van der Waals surface area contributed by atoms with Gasteiger partial charge in [-0.2, -0.15) is 0 Å². The van der Waals surface area contributed by atoms with E-state index in [9.17, 15) is 0 Å². The zero-order chi connectivity index (χ0) is 13.0. The molecule has 100 valence electrons. The van der Waals surface area contributed by atoms with E-state index >= 15 is 0 Å². The van der Waals surface area contributed by atoms with Crippen molar-refractivity contribution >= 4 is 39.1 Å². The fraction of sp³-hybridized carbons (Fsp3) is 0.538. The molecule has 2 rings (SSSR count).